The van der Waals surface area contributed by atoms with Crippen molar-refractivity contribution >= 4 is 39.2 Å². The number of thiazole rings is 1. The van der Waals surface area contributed by atoms with Crippen LogP contribution in [0, 0.1) is 5.92 Å². The van der Waals surface area contributed by atoms with Crippen molar-refractivity contribution in [2.75, 3.05) is 13.1 Å². The van der Waals surface area contributed by atoms with Crippen LogP contribution >= 0.6 is 22.9 Å². The number of nitrogens with two attached hydrogens (primary N) is 1. The highest BCUT2D eigenvalue weighted by atomic mass is 35.5. The molecule has 1 aliphatic heterocycles. The number of fused-ring (bicyclic) bond motifs is 1. The third-order valence-corrected chi connectivity index (χ3v) is 5.90. The lowest BCUT2D eigenvalue weighted by molar-refractivity contribution is -0.123. The second kappa shape index (κ2) is 8.81. The van der Waals surface area contributed by atoms with Crippen molar-refractivity contribution in [3.63, 3.8) is 0 Å². The van der Waals surface area contributed by atoms with Gasteiger partial charge in [0.25, 0.3) is 11.1 Å². The molecule has 1 fully saturated rings. The molecule has 0 radical (unpaired) electrons. The van der Waals surface area contributed by atoms with Gasteiger partial charge < -0.3 is 10.6 Å². The molecule has 0 atom stereocenters. The Labute approximate surface area is 176 Å². The van der Waals surface area contributed by atoms with Gasteiger partial charge in [0.2, 0.25) is 0 Å². The molecule has 1 aliphatic rings. The molecule has 10 heteroatoms. The van der Waals surface area contributed by atoms with E-state index < -0.39 is 0 Å². The number of pyridine rings is 1. The Bertz CT molecular complexity index is 1030. The minimum atomic E-state index is -0.221. The summed E-state index contributed by atoms with van der Waals surface area (Å²) in [5, 5.41) is 7.63. The van der Waals surface area contributed by atoms with Gasteiger partial charge in [0.15, 0.2) is 5.65 Å². The summed E-state index contributed by atoms with van der Waals surface area (Å²) < 4.78 is 6.74. The number of ether oxygens (including phenoxy) is 1. The quantitative estimate of drug-likeness (QED) is 0.369. The maximum absolute atomic E-state index is 11.7. The van der Waals surface area contributed by atoms with Crippen LogP contribution in [0.25, 0.3) is 10.3 Å². The number of hydrogen-bond acceptors (Lipinski definition) is 7. The van der Waals surface area contributed by atoms with E-state index in [9.17, 15) is 4.79 Å². The van der Waals surface area contributed by atoms with Crippen LogP contribution in [-0.4, -0.2) is 33.9 Å². The van der Waals surface area contributed by atoms with Crippen LogP contribution in [0.4, 0.5) is 0 Å². The summed E-state index contributed by atoms with van der Waals surface area (Å²) in [4.78, 5) is 22.6. The molecule has 0 unspecified atom stereocenters. The molecule has 2 N–H and O–H groups in total. The zero-order valence-electron chi connectivity index (χ0n) is 15.5. The van der Waals surface area contributed by atoms with Crippen molar-refractivity contribution in [1.29, 1.82) is 0 Å². The van der Waals surface area contributed by atoms with Crippen molar-refractivity contribution in [2.45, 2.75) is 19.4 Å². The number of hydrogen-bond donors (Lipinski definition) is 1. The fraction of sp³-hybridized carbons (Fsp3) is 0.316. The lowest BCUT2D eigenvalue weighted by Crippen LogP contribution is -2.35. The third kappa shape index (κ3) is 4.87. The number of carbonyl (C=O) groups excluding carboxylic acids is 1. The van der Waals surface area contributed by atoms with Crippen LogP contribution in [0.3, 0.4) is 0 Å². The highest BCUT2D eigenvalue weighted by molar-refractivity contribution is 7.20. The van der Waals surface area contributed by atoms with Gasteiger partial charge in [0, 0.05) is 18.7 Å². The lowest BCUT2D eigenvalue weighted by Gasteiger charge is -2.30. The first-order valence-electron chi connectivity index (χ1n) is 9.17. The number of benzene rings is 1. The first-order chi connectivity index (χ1) is 14.1. The van der Waals surface area contributed by atoms with Crippen molar-refractivity contribution < 1.29 is 9.53 Å². The largest absolute Gasteiger partial charge is 0.431 e. The summed E-state index contributed by atoms with van der Waals surface area (Å²) >= 11 is 7.37. The van der Waals surface area contributed by atoms with E-state index >= 15 is 0 Å². The van der Waals surface area contributed by atoms with Crippen molar-refractivity contribution in [3.05, 3.63) is 47.1 Å². The molecule has 8 nitrogen and oxygen atoms in total. The first kappa shape index (κ1) is 19.7. The fourth-order valence-corrected chi connectivity index (χ4v) is 4.37. The van der Waals surface area contributed by atoms with E-state index in [0.29, 0.717) is 15.9 Å². The van der Waals surface area contributed by atoms with Gasteiger partial charge in [-0.05, 0) is 49.7 Å². The number of likely N-dealkylation sites (tertiary alicyclic amines) is 1. The molecule has 4 rings (SSSR count). The van der Waals surface area contributed by atoms with E-state index in [1.165, 1.54) is 16.9 Å². The molecule has 0 bridgehead atoms. The average molecular weight is 431 g/mol. The SMILES string of the molecule is NN=NC(=O)C1CCN(Cc2ccc(Oc3nc4ncc(Cl)cc4s3)cc2)CC1. The molecule has 3 aromatic rings. The number of nitrogens with zero attached hydrogens (tertiary/aromatic N) is 5. The Balaban J connectivity index is 1.33. The Morgan fingerprint density at radius 1 is 1.31 bits per heavy atom. The maximum Gasteiger partial charge on any atom is 0.281 e. The van der Waals surface area contributed by atoms with Crippen LogP contribution in [0.1, 0.15) is 18.4 Å². The fourth-order valence-electron chi connectivity index (χ4n) is 3.32. The zero-order chi connectivity index (χ0) is 20.2. The molecule has 29 heavy (non-hydrogen) atoms. The molecule has 0 aliphatic carbocycles. The summed E-state index contributed by atoms with van der Waals surface area (Å²) in [6, 6.07) is 9.77. The second-order valence-electron chi connectivity index (χ2n) is 6.81. The molecule has 150 valence electrons. The molecule has 1 aromatic carbocycles. The summed E-state index contributed by atoms with van der Waals surface area (Å²) in [5.74, 6) is 5.38. The van der Waals surface area contributed by atoms with E-state index in [1.807, 2.05) is 30.3 Å². The van der Waals surface area contributed by atoms with E-state index in [0.717, 1.165) is 42.9 Å². The Hall–Kier alpha value is -2.62. The van der Waals surface area contributed by atoms with E-state index in [2.05, 4.69) is 25.2 Å². The van der Waals surface area contributed by atoms with Crippen LogP contribution < -0.4 is 10.6 Å². The molecule has 2 aromatic heterocycles. The molecule has 0 saturated carbocycles. The van der Waals surface area contributed by atoms with Gasteiger partial charge in [-0.25, -0.2) is 4.98 Å². The number of rotatable bonds is 5. The van der Waals surface area contributed by atoms with Gasteiger partial charge in [-0.1, -0.05) is 45.4 Å². The molecule has 3 heterocycles. The smallest absolute Gasteiger partial charge is 0.281 e. The average Bonchev–Trinajstić information content (AvgIpc) is 3.11. The molecule has 1 amide bonds. The standard InChI is InChI=1S/C19H19ClN6O2S/c20-14-9-16-17(22-10-14)23-19(29-16)28-15-3-1-12(2-4-15)11-26-7-5-13(6-8-26)18(27)24-25-21/h1-4,9-10,13H,5-8,11H2,(H2,21,24,27). The Morgan fingerprint density at radius 3 is 2.79 bits per heavy atom. The van der Waals surface area contributed by atoms with Gasteiger partial charge in [0.05, 0.1) is 9.72 Å². The third-order valence-electron chi connectivity index (χ3n) is 4.82. The van der Waals surface area contributed by atoms with Gasteiger partial charge in [-0.15, -0.1) is 0 Å². The van der Waals surface area contributed by atoms with Gasteiger partial charge in [-0.2, -0.15) is 4.98 Å². The Kier molecular flexibility index (Phi) is 5.98. The minimum absolute atomic E-state index is 0.0764. The van der Waals surface area contributed by atoms with E-state index in [1.54, 1.807) is 6.20 Å². The summed E-state index contributed by atoms with van der Waals surface area (Å²) in [5.41, 5.74) is 1.81. The molecular weight excluding hydrogens is 412 g/mol. The molecule has 1 saturated heterocycles. The minimum Gasteiger partial charge on any atom is -0.431 e. The van der Waals surface area contributed by atoms with E-state index in [4.69, 9.17) is 22.2 Å². The Morgan fingerprint density at radius 2 is 2.07 bits per heavy atom. The highest BCUT2D eigenvalue weighted by Crippen LogP contribution is 2.31. The first-order valence-corrected chi connectivity index (χ1v) is 10.4. The van der Waals surface area contributed by atoms with Gasteiger partial charge in [-0.3, -0.25) is 9.69 Å². The van der Waals surface area contributed by atoms with Gasteiger partial charge in [0.1, 0.15) is 5.75 Å². The summed E-state index contributed by atoms with van der Waals surface area (Å²) in [6.07, 6.45) is 3.12. The van der Waals surface area contributed by atoms with Crippen LogP contribution in [0.5, 0.6) is 10.9 Å². The zero-order valence-corrected chi connectivity index (χ0v) is 17.1. The van der Waals surface area contributed by atoms with Crippen molar-refractivity contribution in [2.24, 2.45) is 22.1 Å². The monoisotopic (exact) mass is 430 g/mol. The lowest BCUT2D eigenvalue weighted by atomic mass is 9.96. The normalized spacial score (nSPS) is 15.9. The molecule has 0 spiro atoms. The predicted molar refractivity (Wildman–Crippen MR) is 111 cm³/mol. The topological polar surface area (TPSA) is 106 Å². The number of amides is 1. The van der Waals surface area contributed by atoms with Crippen LogP contribution in [-0.2, 0) is 11.3 Å². The number of carbonyl (C=O) groups is 1. The van der Waals surface area contributed by atoms with E-state index in [-0.39, 0.29) is 11.8 Å². The number of aromatic nitrogens is 2. The number of piperidine rings is 1. The summed E-state index contributed by atoms with van der Waals surface area (Å²) in [6.45, 7) is 2.51. The van der Waals surface area contributed by atoms with Gasteiger partial charge >= 0.3 is 0 Å². The van der Waals surface area contributed by atoms with Crippen molar-refractivity contribution in [1.82, 2.24) is 14.9 Å². The second-order valence-corrected chi connectivity index (χ2v) is 8.23. The highest BCUT2D eigenvalue weighted by Gasteiger charge is 2.25. The predicted octanol–water partition coefficient (Wildman–Crippen LogP) is 4.20. The summed E-state index contributed by atoms with van der Waals surface area (Å²) in [7, 11) is 0. The molecular formula is C19H19ClN6O2S. The number of halogens is 1. The van der Waals surface area contributed by atoms with Crippen molar-refractivity contribution in [3.8, 4) is 10.9 Å². The maximum atomic E-state index is 11.7. The van der Waals surface area contributed by atoms with Crippen LogP contribution in [0.2, 0.25) is 5.02 Å². The van der Waals surface area contributed by atoms with Crippen LogP contribution in [0.15, 0.2) is 46.9 Å².